The van der Waals surface area contributed by atoms with Crippen LogP contribution in [0.4, 0.5) is 0 Å². The summed E-state index contributed by atoms with van der Waals surface area (Å²) >= 11 is 3.39. The standard InChI is InChI=1S/C20H32BrN5O3Si/c1-14(2)10-18(20(27)28)17(11-16-7-6-15(21)12-22-16)19-23-24-25-26(19)13-29-8-9-30(3,4)5/h6-7,12,14,17-18H,8-11,13H2,1-5H3,(H,27,28)/t17-,18?/m0/s1. The number of carboxylic acids is 1. The molecule has 0 bridgehead atoms. The number of tetrazole rings is 1. The molecule has 0 saturated heterocycles. The number of pyridine rings is 1. The Kier molecular flexibility index (Phi) is 9.11. The first-order chi connectivity index (χ1) is 14.1. The monoisotopic (exact) mass is 497 g/mol. The average molecular weight is 498 g/mol. The lowest BCUT2D eigenvalue weighted by molar-refractivity contribution is -0.143. The molecule has 0 fully saturated rings. The van der Waals surface area contributed by atoms with E-state index in [9.17, 15) is 9.90 Å². The summed E-state index contributed by atoms with van der Waals surface area (Å²) in [4.78, 5) is 16.6. The quantitative estimate of drug-likeness (QED) is 0.345. The van der Waals surface area contributed by atoms with E-state index in [1.54, 1.807) is 10.9 Å². The minimum Gasteiger partial charge on any atom is -0.481 e. The van der Waals surface area contributed by atoms with Crippen LogP contribution in [0.3, 0.4) is 0 Å². The lowest BCUT2D eigenvalue weighted by Crippen LogP contribution is -2.29. The van der Waals surface area contributed by atoms with Gasteiger partial charge in [0.05, 0.1) is 5.92 Å². The van der Waals surface area contributed by atoms with Gasteiger partial charge in [-0.15, -0.1) is 5.10 Å². The summed E-state index contributed by atoms with van der Waals surface area (Å²) in [5.74, 6) is -1.12. The zero-order valence-electron chi connectivity index (χ0n) is 18.4. The molecule has 0 aliphatic rings. The van der Waals surface area contributed by atoms with Gasteiger partial charge in [0, 0.05) is 43.4 Å². The molecule has 0 aliphatic heterocycles. The molecule has 1 N–H and O–H groups in total. The molecular formula is C20H32BrN5O3Si. The first-order valence-corrected chi connectivity index (χ1v) is 14.7. The van der Waals surface area contributed by atoms with Crippen molar-refractivity contribution in [2.45, 2.75) is 65.0 Å². The number of hydrogen-bond donors (Lipinski definition) is 1. The third kappa shape index (κ3) is 7.88. The maximum atomic E-state index is 12.2. The highest BCUT2D eigenvalue weighted by Crippen LogP contribution is 2.32. The highest BCUT2D eigenvalue weighted by atomic mass is 79.9. The first-order valence-electron chi connectivity index (χ1n) is 10.2. The number of hydrogen-bond acceptors (Lipinski definition) is 6. The van der Waals surface area contributed by atoms with Crippen molar-refractivity contribution in [1.29, 1.82) is 0 Å². The van der Waals surface area contributed by atoms with Crippen molar-refractivity contribution >= 4 is 30.0 Å². The molecule has 0 amide bonds. The normalized spacial score (nSPS) is 14.1. The number of carboxylic acid groups (broad SMARTS) is 1. The van der Waals surface area contributed by atoms with Crippen LogP contribution in [-0.2, 0) is 22.7 Å². The molecule has 2 heterocycles. The fourth-order valence-corrected chi connectivity index (χ4v) is 4.20. The van der Waals surface area contributed by atoms with Crippen molar-refractivity contribution in [2.75, 3.05) is 6.61 Å². The Labute approximate surface area is 187 Å². The van der Waals surface area contributed by atoms with Crippen LogP contribution >= 0.6 is 15.9 Å². The van der Waals surface area contributed by atoms with Gasteiger partial charge < -0.3 is 9.84 Å². The van der Waals surface area contributed by atoms with Gasteiger partial charge >= 0.3 is 5.97 Å². The molecule has 0 aromatic carbocycles. The summed E-state index contributed by atoms with van der Waals surface area (Å²) in [6.45, 7) is 11.8. The predicted octanol–water partition coefficient (Wildman–Crippen LogP) is 4.22. The Morgan fingerprint density at radius 3 is 2.60 bits per heavy atom. The molecule has 1 unspecified atom stereocenters. The number of halogens is 1. The second kappa shape index (κ2) is 11.1. The van der Waals surface area contributed by atoms with Crippen molar-refractivity contribution in [3.63, 3.8) is 0 Å². The van der Waals surface area contributed by atoms with Crippen LogP contribution in [0.15, 0.2) is 22.8 Å². The average Bonchev–Trinajstić information content (AvgIpc) is 3.10. The lowest BCUT2D eigenvalue weighted by atomic mass is 9.82. The van der Waals surface area contributed by atoms with E-state index >= 15 is 0 Å². The van der Waals surface area contributed by atoms with E-state index in [0.717, 1.165) is 16.2 Å². The van der Waals surface area contributed by atoms with Gasteiger partial charge in [-0.2, -0.15) is 0 Å². The van der Waals surface area contributed by atoms with Crippen molar-refractivity contribution in [1.82, 2.24) is 25.2 Å². The topological polar surface area (TPSA) is 103 Å². The number of carbonyl (C=O) groups is 1. The number of rotatable bonds is 12. The van der Waals surface area contributed by atoms with E-state index in [0.29, 0.717) is 25.3 Å². The summed E-state index contributed by atoms with van der Waals surface area (Å²) in [7, 11) is -1.20. The molecule has 2 atom stereocenters. The minimum atomic E-state index is -1.20. The van der Waals surface area contributed by atoms with Gasteiger partial charge in [0.25, 0.3) is 0 Å². The van der Waals surface area contributed by atoms with Crippen molar-refractivity contribution in [3.8, 4) is 0 Å². The van der Waals surface area contributed by atoms with Gasteiger partial charge in [0.2, 0.25) is 0 Å². The SMILES string of the molecule is CC(C)CC(C(=O)O)[C@H](Cc1ccc(Br)cn1)c1nnnn1COCC[Si](C)(C)C. The van der Waals surface area contributed by atoms with E-state index in [2.05, 4.69) is 56.1 Å². The molecule has 0 aliphatic carbocycles. The van der Waals surface area contributed by atoms with E-state index in [-0.39, 0.29) is 12.6 Å². The number of aliphatic carboxylic acids is 1. The second-order valence-corrected chi connectivity index (χ2v) is 15.8. The molecule has 2 aromatic rings. The molecule has 2 rings (SSSR count). The Balaban J connectivity index is 2.26. The van der Waals surface area contributed by atoms with Crippen LogP contribution in [0.25, 0.3) is 0 Å². The molecular weight excluding hydrogens is 466 g/mol. The third-order valence-corrected chi connectivity index (χ3v) is 7.02. The molecule has 10 heteroatoms. The van der Waals surface area contributed by atoms with E-state index in [1.807, 2.05) is 26.0 Å². The van der Waals surface area contributed by atoms with E-state index < -0.39 is 25.9 Å². The summed E-state index contributed by atoms with van der Waals surface area (Å²) in [5, 5.41) is 22.1. The molecule has 0 radical (unpaired) electrons. The molecule has 0 spiro atoms. The maximum absolute atomic E-state index is 12.2. The second-order valence-electron chi connectivity index (χ2n) is 9.24. The highest BCUT2D eigenvalue weighted by molar-refractivity contribution is 9.10. The van der Waals surface area contributed by atoms with Crippen LogP contribution in [0, 0.1) is 11.8 Å². The van der Waals surface area contributed by atoms with Crippen molar-refractivity contribution in [3.05, 3.63) is 34.3 Å². The fourth-order valence-electron chi connectivity index (χ4n) is 3.21. The summed E-state index contributed by atoms with van der Waals surface area (Å²) in [5.41, 5.74) is 0.799. The molecule has 0 saturated carbocycles. The predicted molar refractivity (Wildman–Crippen MR) is 121 cm³/mol. The van der Waals surface area contributed by atoms with Crippen LogP contribution in [0.2, 0.25) is 25.7 Å². The van der Waals surface area contributed by atoms with Gasteiger partial charge in [-0.1, -0.05) is 33.5 Å². The van der Waals surface area contributed by atoms with Crippen molar-refractivity contribution in [2.24, 2.45) is 11.8 Å². The summed E-state index contributed by atoms with van der Waals surface area (Å²) in [6.07, 6.45) is 2.68. The van der Waals surface area contributed by atoms with Gasteiger partial charge in [0.1, 0.15) is 6.73 Å². The first kappa shape index (κ1) is 24.6. The van der Waals surface area contributed by atoms with Gasteiger partial charge in [-0.25, -0.2) is 4.68 Å². The van der Waals surface area contributed by atoms with Crippen LogP contribution in [0.1, 0.15) is 37.7 Å². The zero-order chi connectivity index (χ0) is 22.3. The molecule has 166 valence electrons. The number of nitrogens with zero attached hydrogens (tertiary/aromatic N) is 5. The van der Waals surface area contributed by atoms with Gasteiger partial charge in [-0.3, -0.25) is 9.78 Å². The Bertz CT molecular complexity index is 808. The Hall–Kier alpha value is -1.65. The lowest BCUT2D eigenvalue weighted by Gasteiger charge is -2.24. The molecule has 30 heavy (non-hydrogen) atoms. The zero-order valence-corrected chi connectivity index (χ0v) is 21.0. The third-order valence-electron chi connectivity index (χ3n) is 4.85. The number of ether oxygens (including phenoxy) is 1. The van der Waals surface area contributed by atoms with Crippen LogP contribution in [-0.4, -0.2) is 50.9 Å². The van der Waals surface area contributed by atoms with Gasteiger partial charge in [-0.05, 0) is 56.9 Å². The highest BCUT2D eigenvalue weighted by Gasteiger charge is 2.34. The Morgan fingerprint density at radius 2 is 2.03 bits per heavy atom. The van der Waals surface area contributed by atoms with Crippen LogP contribution < -0.4 is 0 Å². The van der Waals surface area contributed by atoms with Gasteiger partial charge in [0.15, 0.2) is 5.82 Å². The molecule has 8 nitrogen and oxygen atoms in total. The smallest absolute Gasteiger partial charge is 0.307 e. The minimum absolute atomic E-state index is 0.213. The maximum Gasteiger partial charge on any atom is 0.307 e. The van der Waals surface area contributed by atoms with E-state index in [4.69, 9.17) is 4.74 Å². The summed E-state index contributed by atoms with van der Waals surface area (Å²) in [6, 6.07) is 4.84. The largest absolute Gasteiger partial charge is 0.481 e. The van der Waals surface area contributed by atoms with Crippen LogP contribution in [0.5, 0.6) is 0 Å². The number of aromatic nitrogens is 5. The molecule has 2 aromatic heterocycles. The van der Waals surface area contributed by atoms with Crippen molar-refractivity contribution < 1.29 is 14.6 Å². The fraction of sp³-hybridized carbons (Fsp3) is 0.650. The summed E-state index contributed by atoms with van der Waals surface area (Å²) < 4.78 is 8.28. The van der Waals surface area contributed by atoms with E-state index in [1.165, 1.54) is 0 Å². The Morgan fingerprint density at radius 1 is 1.30 bits per heavy atom.